The van der Waals surface area contributed by atoms with Crippen LogP contribution in [0.25, 0.3) is 11.1 Å². The highest BCUT2D eigenvalue weighted by Gasteiger charge is 2.37. The topological polar surface area (TPSA) is 83.6 Å². The van der Waals surface area contributed by atoms with E-state index in [0.717, 1.165) is 23.2 Å². The molecular weight excluding hydrogens is 492 g/mol. The van der Waals surface area contributed by atoms with Crippen molar-refractivity contribution in [1.82, 2.24) is 20.5 Å². The Hall–Kier alpha value is -3.30. The maximum atomic E-state index is 12.9. The van der Waals surface area contributed by atoms with E-state index in [4.69, 9.17) is 4.74 Å². The Morgan fingerprint density at radius 3 is 2.44 bits per heavy atom. The summed E-state index contributed by atoms with van der Waals surface area (Å²) in [7, 11) is 0. The van der Waals surface area contributed by atoms with Crippen molar-refractivity contribution in [1.29, 1.82) is 0 Å². The number of hydrogen-bond donors (Lipinski definition) is 2. The zero-order chi connectivity index (χ0) is 25.1. The standard InChI is InChI=1S/C27H28N4O3S2/c1-3-12-28-25(32)24-15-36-26(23-14-35-16-29-23)31(24)17(2)30-27(33)34-13-22-20-10-6-4-8-18(20)19-9-5-7-11-21(19)22/h4-11,14-17,22,26H,3,12-13H2,1-2H3,(H,28,32)(H,30,33). The van der Waals surface area contributed by atoms with E-state index in [1.807, 2.05) is 53.8 Å². The smallest absolute Gasteiger partial charge is 0.408 e. The highest BCUT2D eigenvalue weighted by atomic mass is 32.2. The van der Waals surface area contributed by atoms with Gasteiger partial charge >= 0.3 is 6.09 Å². The number of benzene rings is 2. The van der Waals surface area contributed by atoms with Crippen LogP contribution in [0.15, 0.2) is 70.5 Å². The number of rotatable bonds is 8. The minimum absolute atomic E-state index is 0.0150. The van der Waals surface area contributed by atoms with Gasteiger partial charge in [-0.3, -0.25) is 4.79 Å². The third-order valence-corrected chi connectivity index (χ3v) is 8.09. The predicted octanol–water partition coefficient (Wildman–Crippen LogP) is 5.44. The Kier molecular flexibility index (Phi) is 7.29. The second kappa shape index (κ2) is 10.8. The summed E-state index contributed by atoms with van der Waals surface area (Å²) >= 11 is 3.01. The molecule has 0 spiro atoms. The van der Waals surface area contributed by atoms with Crippen molar-refractivity contribution in [2.24, 2.45) is 0 Å². The summed E-state index contributed by atoms with van der Waals surface area (Å²) in [6.45, 7) is 4.68. The number of ether oxygens (including phenoxy) is 1. The molecule has 5 rings (SSSR count). The number of carbonyl (C=O) groups excluding carboxylic acids is 2. The van der Waals surface area contributed by atoms with Crippen LogP contribution in [0.1, 0.15) is 48.4 Å². The molecule has 0 bridgehead atoms. The molecule has 0 saturated heterocycles. The van der Waals surface area contributed by atoms with Gasteiger partial charge < -0.3 is 20.3 Å². The number of aromatic nitrogens is 1. The average Bonchev–Trinajstić information content (AvgIpc) is 3.63. The van der Waals surface area contributed by atoms with Gasteiger partial charge in [0.05, 0.1) is 11.2 Å². The summed E-state index contributed by atoms with van der Waals surface area (Å²) in [5.41, 5.74) is 7.83. The molecule has 2 aromatic carbocycles. The van der Waals surface area contributed by atoms with E-state index in [-0.39, 0.29) is 23.8 Å². The largest absolute Gasteiger partial charge is 0.449 e. The lowest BCUT2D eigenvalue weighted by atomic mass is 9.98. The van der Waals surface area contributed by atoms with Crippen LogP contribution in [0.5, 0.6) is 0 Å². The second-order valence-corrected chi connectivity index (χ2v) is 10.4. The van der Waals surface area contributed by atoms with Gasteiger partial charge in [0.2, 0.25) is 0 Å². The van der Waals surface area contributed by atoms with E-state index < -0.39 is 12.3 Å². The number of nitrogens with one attached hydrogen (secondary N) is 2. The number of carbonyl (C=O) groups is 2. The van der Waals surface area contributed by atoms with E-state index in [1.54, 1.807) is 5.51 Å². The summed E-state index contributed by atoms with van der Waals surface area (Å²) in [6, 6.07) is 16.5. The molecular formula is C27H28N4O3S2. The lowest BCUT2D eigenvalue weighted by Gasteiger charge is -2.33. The fourth-order valence-electron chi connectivity index (χ4n) is 4.73. The number of nitrogens with zero attached hydrogens (tertiary/aromatic N) is 2. The SMILES string of the molecule is CCCNC(=O)C1=CSC(c2cscn2)N1C(C)NC(=O)OCC1c2ccccc2-c2ccccc21. The van der Waals surface area contributed by atoms with Gasteiger partial charge in [-0.15, -0.1) is 23.1 Å². The number of thioether (sulfide) groups is 1. The molecule has 0 radical (unpaired) electrons. The Bertz CT molecular complexity index is 1230. The molecule has 9 heteroatoms. The fraction of sp³-hybridized carbons (Fsp3) is 0.296. The van der Waals surface area contributed by atoms with Crippen molar-refractivity contribution in [3.05, 3.63) is 87.3 Å². The molecule has 186 valence electrons. The number of amides is 2. The zero-order valence-corrected chi connectivity index (χ0v) is 21.8. The van der Waals surface area contributed by atoms with Crippen LogP contribution in [0.3, 0.4) is 0 Å². The minimum Gasteiger partial charge on any atom is -0.449 e. The first-order valence-corrected chi connectivity index (χ1v) is 13.9. The summed E-state index contributed by atoms with van der Waals surface area (Å²) < 4.78 is 5.74. The minimum atomic E-state index is -0.522. The van der Waals surface area contributed by atoms with E-state index in [0.29, 0.717) is 12.2 Å². The maximum absolute atomic E-state index is 12.9. The Morgan fingerprint density at radius 1 is 1.11 bits per heavy atom. The average molecular weight is 521 g/mol. The zero-order valence-electron chi connectivity index (χ0n) is 20.1. The van der Waals surface area contributed by atoms with Gasteiger partial charge in [-0.1, -0.05) is 55.5 Å². The molecule has 36 heavy (non-hydrogen) atoms. The Labute approximate surface area is 219 Å². The molecule has 2 unspecified atom stereocenters. The highest BCUT2D eigenvalue weighted by molar-refractivity contribution is 8.02. The molecule has 2 heterocycles. The molecule has 3 aromatic rings. The van der Waals surface area contributed by atoms with Crippen molar-refractivity contribution in [3.8, 4) is 11.1 Å². The summed E-state index contributed by atoms with van der Waals surface area (Å²) in [4.78, 5) is 32.1. The van der Waals surface area contributed by atoms with Gasteiger partial charge in [-0.05, 0) is 35.6 Å². The van der Waals surface area contributed by atoms with Crippen LogP contribution in [0.4, 0.5) is 4.79 Å². The molecule has 2 amide bonds. The lowest BCUT2D eigenvalue weighted by molar-refractivity contribution is -0.119. The van der Waals surface area contributed by atoms with Crippen molar-refractivity contribution >= 4 is 35.1 Å². The van der Waals surface area contributed by atoms with Crippen molar-refractivity contribution in [2.75, 3.05) is 13.2 Å². The summed E-state index contributed by atoms with van der Waals surface area (Å²) in [5, 5.41) is 9.46. The number of fused-ring (bicyclic) bond motifs is 3. The number of thiazole rings is 1. The normalized spacial score (nSPS) is 17.2. The molecule has 7 nitrogen and oxygen atoms in total. The third kappa shape index (κ3) is 4.73. The molecule has 1 aromatic heterocycles. The first kappa shape index (κ1) is 24.4. The van der Waals surface area contributed by atoms with Gasteiger partial charge in [0.15, 0.2) is 0 Å². The van der Waals surface area contributed by atoms with Gasteiger partial charge in [-0.25, -0.2) is 9.78 Å². The molecule has 1 aliphatic carbocycles. The Balaban J connectivity index is 1.28. The van der Waals surface area contributed by atoms with Crippen molar-refractivity contribution < 1.29 is 14.3 Å². The lowest BCUT2D eigenvalue weighted by Crippen LogP contribution is -2.48. The van der Waals surface area contributed by atoms with Crippen LogP contribution < -0.4 is 10.6 Å². The Morgan fingerprint density at radius 2 is 1.81 bits per heavy atom. The van der Waals surface area contributed by atoms with Gasteiger partial charge in [0.1, 0.15) is 23.8 Å². The molecule has 2 atom stereocenters. The quantitative estimate of drug-likeness (QED) is 0.411. The van der Waals surface area contributed by atoms with Crippen molar-refractivity contribution in [2.45, 2.75) is 37.7 Å². The summed E-state index contributed by atoms with van der Waals surface area (Å²) in [5.74, 6) is -0.179. The van der Waals surface area contributed by atoms with Gasteiger partial charge in [0, 0.05) is 23.3 Å². The molecule has 0 fully saturated rings. The molecule has 2 aliphatic rings. The monoisotopic (exact) mass is 520 g/mol. The maximum Gasteiger partial charge on any atom is 0.408 e. The van der Waals surface area contributed by atoms with Gasteiger partial charge in [0.25, 0.3) is 5.91 Å². The van der Waals surface area contributed by atoms with E-state index in [1.165, 1.54) is 34.2 Å². The van der Waals surface area contributed by atoms with Crippen LogP contribution in [-0.2, 0) is 9.53 Å². The van der Waals surface area contributed by atoms with Crippen LogP contribution in [0, 0.1) is 0 Å². The first-order valence-electron chi connectivity index (χ1n) is 12.0. The van der Waals surface area contributed by atoms with Gasteiger partial charge in [-0.2, -0.15) is 0 Å². The molecule has 2 N–H and O–H groups in total. The molecule has 1 aliphatic heterocycles. The number of alkyl carbamates (subject to hydrolysis) is 1. The second-order valence-electron chi connectivity index (χ2n) is 8.71. The van der Waals surface area contributed by atoms with E-state index in [9.17, 15) is 9.59 Å². The van der Waals surface area contributed by atoms with Crippen molar-refractivity contribution in [3.63, 3.8) is 0 Å². The fourth-order valence-corrected chi connectivity index (χ4v) is 6.57. The first-order chi connectivity index (χ1) is 17.6. The van der Waals surface area contributed by atoms with Crippen LogP contribution in [0.2, 0.25) is 0 Å². The highest BCUT2D eigenvalue weighted by Crippen LogP contribution is 2.45. The predicted molar refractivity (Wildman–Crippen MR) is 143 cm³/mol. The number of hydrogen-bond acceptors (Lipinski definition) is 7. The van der Waals surface area contributed by atoms with Crippen LogP contribution >= 0.6 is 23.1 Å². The van der Waals surface area contributed by atoms with E-state index in [2.05, 4.69) is 39.9 Å². The van der Waals surface area contributed by atoms with Crippen LogP contribution in [-0.4, -0.2) is 41.2 Å². The van der Waals surface area contributed by atoms with E-state index >= 15 is 0 Å². The summed E-state index contributed by atoms with van der Waals surface area (Å²) in [6.07, 6.45) is -0.164. The molecule has 0 saturated carbocycles. The third-order valence-electron chi connectivity index (χ3n) is 6.40.